The fourth-order valence-electron chi connectivity index (χ4n) is 2.96. The Hall–Kier alpha value is -3.35. The minimum Gasteiger partial charge on any atom is -0.507 e. The number of ketones is 2. The Kier molecular flexibility index (Phi) is 5.26. The number of carbonyl (C=O) groups is 3. The van der Waals surface area contributed by atoms with Crippen LogP contribution in [0.15, 0.2) is 12.1 Å². The molecule has 0 aliphatic rings. The molecule has 27 heavy (non-hydrogen) atoms. The summed E-state index contributed by atoms with van der Waals surface area (Å²) in [4.78, 5) is 35.9. The smallest absolute Gasteiger partial charge is 0.347 e. The monoisotopic (exact) mass is 372 g/mol. The Bertz CT molecular complexity index is 987. The first-order valence-corrected chi connectivity index (χ1v) is 8.10. The van der Waals surface area contributed by atoms with Crippen molar-refractivity contribution in [2.45, 2.75) is 34.6 Å². The van der Waals surface area contributed by atoms with Gasteiger partial charge in [-0.2, -0.15) is 0 Å². The van der Waals surface area contributed by atoms with E-state index in [1.807, 2.05) is 0 Å². The minimum atomic E-state index is -0.968. The lowest BCUT2D eigenvalue weighted by Crippen LogP contribution is -2.14. The molecule has 0 heterocycles. The summed E-state index contributed by atoms with van der Waals surface area (Å²) in [6, 6.07) is 2.61. The molecule has 0 spiro atoms. The van der Waals surface area contributed by atoms with Gasteiger partial charge in [-0.05, 0) is 57.9 Å². The van der Waals surface area contributed by atoms with Gasteiger partial charge in [-0.1, -0.05) is 0 Å². The van der Waals surface area contributed by atoms with Crippen molar-refractivity contribution in [3.8, 4) is 23.0 Å². The number of hydrogen-bond acceptors (Lipinski definition) is 7. The van der Waals surface area contributed by atoms with E-state index in [9.17, 15) is 29.7 Å². The quantitative estimate of drug-likeness (QED) is 0.427. The van der Waals surface area contributed by atoms with Gasteiger partial charge in [0.25, 0.3) is 0 Å². The van der Waals surface area contributed by atoms with E-state index in [4.69, 9.17) is 4.74 Å². The predicted octanol–water partition coefficient (Wildman–Crippen LogP) is 3.35. The first-order chi connectivity index (χ1) is 12.5. The Morgan fingerprint density at radius 3 is 1.81 bits per heavy atom. The second-order valence-electron chi connectivity index (χ2n) is 6.35. The predicted molar refractivity (Wildman–Crippen MR) is 97.1 cm³/mol. The molecule has 3 N–H and O–H groups in total. The van der Waals surface area contributed by atoms with Gasteiger partial charge in [-0.3, -0.25) is 9.59 Å². The fourth-order valence-corrected chi connectivity index (χ4v) is 2.96. The number of carbonyl (C=O) groups excluding carboxylic acids is 3. The maximum Gasteiger partial charge on any atom is 0.347 e. The van der Waals surface area contributed by atoms with E-state index in [0.29, 0.717) is 5.56 Å². The molecule has 0 aliphatic heterocycles. The number of aryl methyl sites for hydroxylation is 2. The number of benzene rings is 2. The molecule has 0 saturated heterocycles. The van der Waals surface area contributed by atoms with Gasteiger partial charge in [0.1, 0.15) is 34.1 Å². The van der Waals surface area contributed by atoms with Gasteiger partial charge >= 0.3 is 5.97 Å². The van der Waals surface area contributed by atoms with Crippen molar-refractivity contribution >= 4 is 17.5 Å². The molecule has 0 atom stereocenters. The van der Waals surface area contributed by atoms with Gasteiger partial charge in [0.15, 0.2) is 11.6 Å². The highest BCUT2D eigenvalue weighted by atomic mass is 16.5. The summed E-state index contributed by atoms with van der Waals surface area (Å²) in [5.74, 6) is -3.31. The molecule has 0 amide bonds. The van der Waals surface area contributed by atoms with Crippen LogP contribution in [0.5, 0.6) is 23.0 Å². The number of ether oxygens (including phenoxy) is 1. The zero-order chi connectivity index (χ0) is 20.6. The Labute approximate surface area is 155 Å². The number of esters is 1. The maximum atomic E-state index is 12.6. The van der Waals surface area contributed by atoms with Crippen LogP contribution in [-0.2, 0) is 0 Å². The van der Waals surface area contributed by atoms with Gasteiger partial charge in [0.05, 0.1) is 5.56 Å². The molecule has 0 fully saturated rings. The summed E-state index contributed by atoms with van der Waals surface area (Å²) >= 11 is 0. The molecule has 2 aromatic carbocycles. The van der Waals surface area contributed by atoms with Crippen molar-refractivity contribution < 1.29 is 34.4 Å². The number of aromatic hydroxyl groups is 3. The first-order valence-electron chi connectivity index (χ1n) is 8.10. The standard InChI is InChI=1S/C20H20O7/c1-8-6-13(23)17(12(5)22)19(25)16(8)20(26)27-14-7-9(2)15(11(4)21)18(24)10(14)3/h6-7,23-25H,1-5H3. The largest absolute Gasteiger partial charge is 0.507 e. The van der Waals surface area contributed by atoms with Crippen LogP contribution in [0.4, 0.5) is 0 Å². The first kappa shape index (κ1) is 20.0. The van der Waals surface area contributed by atoms with Crippen molar-refractivity contribution in [2.75, 3.05) is 0 Å². The highest BCUT2D eigenvalue weighted by Crippen LogP contribution is 2.37. The maximum absolute atomic E-state index is 12.6. The third-order valence-electron chi connectivity index (χ3n) is 4.29. The SMILES string of the molecule is CC(=O)c1c(C)cc(OC(=O)c2c(C)cc(O)c(C(C)=O)c2O)c(C)c1O. The Morgan fingerprint density at radius 2 is 1.30 bits per heavy atom. The molecule has 142 valence electrons. The molecule has 0 unspecified atom stereocenters. The van der Waals surface area contributed by atoms with Crippen LogP contribution in [0, 0.1) is 20.8 Å². The van der Waals surface area contributed by atoms with E-state index in [1.54, 1.807) is 6.92 Å². The van der Waals surface area contributed by atoms with E-state index in [-0.39, 0.29) is 45.1 Å². The zero-order valence-corrected chi connectivity index (χ0v) is 15.6. The molecule has 0 saturated carbocycles. The van der Waals surface area contributed by atoms with Crippen LogP contribution >= 0.6 is 0 Å². The minimum absolute atomic E-state index is 0.0104. The van der Waals surface area contributed by atoms with E-state index in [1.165, 1.54) is 32.9 Å². The summed E-state index contributed by atoms with van der Waals surface area (Å²) in [7, 11) is 0. The van der Waals surface area contributed by atoms with Crippen LogP contribution < -0.4 is 4.74 Å². The Morgan fingerprint density at radius 1 is 0.778 bits per heavy atom. The van der Waals surface area contributed by atoms with E-state index in [0.717, 1.165) is 6.92 Å². The molecular weight excluding hydrogens is 352 g/mol. The highest BCUT2D eigenvalue weighted by molar-refractivity contribution is 6.05. The summed E-state index contributed by atoms with van der Waals surface area (Å²) in [5, 5.41) is 30.4. The number of phenolic OH excluding ortho intramolecular Hbond substituents is 3. The van der Waals surface area contributed by atoms with Crippen molar-refractivity contribution in [1.29, 1.82) is 0 Å². The highest BCUT2D eigenvalue weighted by Gasteiger charge is 2.26. The third kappa shape index (κ3) is 3.48. The average molecular weight is 372 g/mol. The van der Waals surface area contributed by atoms with E-state index in [2.05, 4.69) is 0 Å². The third-order valence-corrected chi connectivity index (χ3v) is 4.29. The van der Waals surface area contributed by atoms with Crippen molar-refractivity contribution in [3.63, 3.8) is 0 Å². The second kappa shape index (κ2) is 7.11. The lowest BCUT2D eigenvalue weighted by Gasteiger charge is -2.16. The summed E-state index contributed by atoms with van der Waals surface area (Å²) in [6.45, 7) is 6.99. The zero-order valence-electron chi connectivity index (χ0n) is 15.6. The lowest BCUT2D eigenvalue weighted by molar-refractivity contribution is 0.0729. The molecule has 0 aromatic heterocycles. The van der Waals surface area contributed by atoms with Crippen LogP contribution in [-0.4, -0.2) is 32.9 Å². The van der Waals surface area contributed by atoms with Crippen LogP contribution in [0.1, 0.15) is 61.6 Å². The van der Waals surface area contributed by atoms with Gasteiger partial charge in [0, 0.05) is 5.56 Å². The summed E-state index contributed by atoms with van der Waals surface area (Å²) in [5.41, 5.74) is 0.292. The molecule has 2 rings (SSSR count). The van der Waals surface area contributed by atoms with Crippen molar-refractivity contribution in [1.82, 2.24) is 0 Å². The van der Waals surface area contributed by atoms with Crippen molar-refractivity contribution in [3.05, 3.63) is 45.5 Å². The fraction of sp³-hybridized carbons (Fsp3) is 0.250. The molecule has 2 aromatic rings. The average Bonchev–Trinajstić information content (AvgIpc) is 2.50. The summed E-state index contributed by atoms with van der Waals surface area (Å²) < 4.78 is 5.30. The van der Waals surface area contributed by atoms with Crippen LogP contribution in [0.25, 0.3) is 0 Å². The van der Waals surface area contributed by atoms with Gasteiger partial charge in [-0.25, -0.2) is 4.79 Å². The molecule has 0 aliphatic carbocycles. The molecule has 7 nitrogen and oxygen atoms in total. The van der Waals surface area contributed by atoms with Crippen LogP contribution in [0.3, 0.4) is 0 Å². The normalized spacial score (nSPS) is 10.6. The number of rotatable bonds is 4. The van der Waals surface area contributed by atoms with E-state index >= 15 is 0 Å². The number of hydrogen-bond donors (Lipinski definition) is 3. The molecular formula is C20H20O7. The number of Topliss-reactive ketones (excluding diaryl/α,β-unsaturated/α-hetero) is 2. The van der Waals surface area contributed by atoms with E-state index < -0.39 is 23.3 Å². The lowest BCUT2D eigenvalue weighted by atomic mass is 9.99. The van der Waals surface area contributed by atoms with Crippen molar-refractivity contribution in [2.24, 2.45) is 0 Å². The summed E-state index contributed by atoms with van der Waals surface area (Å²) in [6.07, 6.45) is 0. The van der Waals surface area contributed by atoms with Crippen LogP contribution in [0.2, 0.25) is 0 Å². The molecule has 7 heteroatoms. The Balaban J connectivity index is 2.55. The molecule has 0 radical (unpaired) electrons. The number of phenols is 3. The second-order valence-corrected chi connectivity index (χ2v) is 6.35. The molecule has 0 bridgehead atoms. The van der Waals surface area contributed by atoms with Gasteiger partial charge in [0.2, 0.25) is 0 Å². The topological polar surface area (TPSA) is 121 Å². The van der Waals surface area contributed by atoms with Gasteiger partial charge < -0.3 is 20.1 Å². The van der Waals surface area contributed by atoms with Gasteiger partial charge in [-0.15, -0.1) is 0 Å².